The van der Waals surface area contributed by atoms with Gasteiger partial charge in [-0.2, -0.15) is 0 Å². The number of hydrogen-bond donors (Lipinski definition) is 0. The summed E-state index contributed by atoms with van der Waals surface area (Å²) in [5, 5.41) is 0. The lowest BCUT2D eigenvalue weighted by Crippen LogP contribution is -2.50. The number of rotatable bonds is 8. The molecule has 1 saturated carbocycles. The molecule has 8 nitrogen and oxygen atoms in total. The zero-order chi connectivity index (χ0) is 21.7. The second-order valence-electron chi connectivity index (χ2n) is 7.60. The van der Waals surface area contributed by atoms with E-state index in [9.17, 15) is 14.4 Å². The van der Waals surface area contributed by atoms with Gasteiger partial charge in [0.1, 0.15) is 0 Å². The van der Waals surface area contributed by atoms with Crippen LogP contribution in [0.2, 0.25) is 0 Å². The zero-order valence-corrected chi connectivity index (χ0v) is 17.7. The molecule has 1 aliphatic carbocycles. The molecule has 0 N–H and O–H groups in total. The van der Waals surface area contributed by atoms with Crippen LogP contribution in [-0.4, -0.2) is 61.8 Å². The molecular formula is C22H29NO7. The molecule has 8 heteroatoms. The first-order chi connectivity index (χ1) is 14.4. The zero-order valence-electron chi connectivity index (χ0n) is 17.7. The Morgan fingerprint density at radius 3 is 2.53 bits per heavy atom. The molecule has 30 heavy (non-hydrogen) atoms. The standard InChI is InChI=1S/C22H29NO7/c1-14(24)30-20-13-21(25)23(22(20)26)16-6-4-5-7-17(16)29-11-10-15-8-9-18(27-2)19(12-15)28-3/h8-9,12,16-17,20H,4-7,10-11,13H2,1-3H3/t16-,17?,20-/m1/s1. The number of likely N-dealkylation sites (tertiary alicyclic amines) is 1. The predicted molar refractivity (Wildman–Crippen MR) is 107 cm³/mol. The lowest BCUT2D eigenvalue weighted by atomic mass is 9.91. The van der Waals surface area contributed by atoms with E-state index in [1.807, 2.05) is 18.2 Å². The van der Waals surface area contributed by atoms with Crippen LogP contribution in [-0.2, 0) is 30.3 Å². The van der Waals surface area contributed by atoms with Gasteiger partial charge in [-0.15, -0.1) is 0 Å². The monoisotopic (exact) mass is 419 g/mol. The first-order valence-corrected chi connectivity index (χ1v) is 10.3. The Balaban J connectivity index is 1.62. The second kappa shape index (κ2) is 9.93. The van der Waals surface area contributed by atoms with Crippen molar-refractivity contribution < 1.29 is 33.3 Å². The fourth-order valence-corrected chi connectivity index (χ4v) is 4.19. The minimum atomic E-state index is -1.01. The predicted octanol–water partition coefficient (Wildman–Crippen LogP) is 2.26. The molecule has 3 rings (SSSR count). The molecule has 1 unspecified atom stereocenters. The average molecular weight is 419 g/mol. The van der Waals surface area contributed by atoms with Gasteiger partial charge in [0.05, 0.1) is 39.4 Å². The molecule has 0 radical (unpaired) electrons. The summed E-state index contributed by atoms with van der Waals surface area (Å²) >= 11 is 0. The Kier molecular flexibility index (Phi) is 7.31. The van der Waals surface area contributed by atoms with Gasteiger partial charge in [0.25, 0.3) is 5.91 Å². The summed E-state index contributed by atoms with van der Waals surface area (Å²) in [6, 6.07) is 5.41. The molecule has 1 aromatic carbocycles. The molecule has 1 aromatic rings. The number of nitrogens with zero attached hydrogens (tertiary/aromatic N) is 1. The number of ether oxygens (including phenoxy) is 4. The van der Waals surface area contributed by atoms with E-state index in [0.29, 0.717) is 30.9 Å². The number of imide groups is 1. The van der Waals surface area contributed by atoms with Crippen LogP contribution in [0.5, 0.6) is 11.5 Å². The van der Waals surface area contributed by atoms with Crippen molar-refractivity contribution in [2.75, 3.05) is 20.8 Å². The smallest absolute Gasteiger partial charge is 0.303 e. The van der Waals surface area contributed by atoms with Crippen molar-refractivity contribution in [3.05, 3.63) is 23.8 Å². The molecule has 0 spiro atoms. The lowest BCUT2D eigenvalue weighted by molar-refractivity contribution is -0.158. The molecule has 0 bridgehead atoms. The summed E-state index contributed by atoms with van der Waals surface area (Å²) < 4.78 is 21.7. The number of esters is 1. The van der Waals surface area contributed by atoms with Gasteiger partial charge in [-0.1, -0.05) is 18.9 Å². The molecule has 2 aliphatic rings. The van der Waals surface area contributed by atoms with E-state index in [1.165, 1.54) is 11.8 Å². The van der Waals surface area contributed by atoms with Crippen molar-refractivity contribution in [3.8, 4) is 11.5 Å². The summed E-state index contributed by atoms with van der Waals surface area (Å²) in [5.41, 5.74) is 1.04. The summed E-state index contributed by atoms with van der Waals surface area (Å²) in [4.78, 5) is 37.6. The van der Waals surface area contributed by atoms with Gasteiger partial charge < -0.3 is 18.9 Å². The van der Waals surface area contributed by atoms with Crippen LogP contribution in [0.3, 0.4) is 0 Å². The van der Waals surface area contributed by atoms with Crippen molar-refractivity contribution in [1.29, 1.82) is 0 Å². The third-order valence-electron chi connectivity index (χ3n) is 5.62. The Morgan fingerprint density at radius 1 is 1.10 bits per heavy atom. The highest BCUT2D eigenvalue weighted by molar-refractivity contribution is 6.06. The van der Waals surface area contributed by atoms with Crippen LogP contribution in [0.25, 0.3) is 0 Å². The van der Waals surface area contributed by atoms with E-state index in [1.54, 1.807) is 14.2 Å². The van der Waals surface area contributed by atoms with Crippen molar-refractivity contribution in [3.63, 3.8) is 0 Å². The van der Waals surface area contributed by atoms with Gasteiger partial charge in [0, 0.05) is 6.92 Å². The van der Waals surface area contributed by atoms with Crippen molar-refractivity contribution in [2.24, 2.45) is 0 Å². The summed E-state index contributed by atoms with van der Waals surface area (Å²) in [5.74, 6) is 0.0369. The summed E-state index contributed by atoms with van der Waals surface area (Å²) in [6.45, 7) is 1.70. The highest BCUT2D eigenvalue weighted by atomic mass is 16.5. The van der Waals surface area contributed by atoms with Crippen LogP contribution in [0.15, 0.2) is 18.2 Å². The minimum Gasteiger partial charge on any atom is -0.493 e. The normalized spacial score (nSPS) is 24.1. The maximum Gasteiger partial charge on any atom is 0.303 e. The molecule has 164 valence electrons. The molecule has 0 aromatic heterocycles. The Hall–Kier alpha value is -2.61. The SMILES string of the molecule is COc1ccc(CCOC2CCCC[C@H]2N2C(=O)C[C@@H](OC(C)=O)C2=O)cc1OC. The van der Waals surface area contributed by atoms with Crippen molar-refractivity contribution in [1.82, 2.24) is 4.90 Å². The van der Waals surface area contributed by atoms with E-state index in [2.05, 4.69) is 0 Å². The fraction of sp³-hybridized carbons (Fsp3) is 0.591. The van der Waals surface area contributed by atoms with E-state index in [4.69, 9.17) is 18.9 Å². The molecule has 2 fully saturated rings. The van der Waals surface area contributed by atoms with Crippen LogP contribution < -0.4 is 9.47 Å². The molecule has 2 amide bonds. The summed E-state index contributed by atoms with van der Waals surface area (Å²) in [7, 11) is 3.19. The molecule has 1 heterocycles. The lowest BCUT2D eigenvalue weighted by Gasteiger charge is -2.36. The van der Waals surface area contributed by atoms with Gasteiger partial charge in [-0.25, -0.2) is 0 Å². The number of benzene rings is 1. The third-order valence-corrected chi connectivity index (χ3v) is 5.62. The number of amides is 2. The fourth-order valence-electron chi connectivity index (χ4n) is 4.19. The van der Waals surface area contributed by atoms with Crippen LogP contribution in [0, 0.1) is 0 Å². The van der Waals surface area contributed by atoms with Crippen LogP contribution in [0.1, 0.15) is 44.6 Å². The number of carbonyl (C=O) groups is 3. The minimum absolute atomic E-state index is 0.0900. The first-order valence-electron chi connectivity index (χ1n) is 10.3. The second-order valence-corrected chi connectivity index (χ2v) is 7.60. The van der Waals surface area contributed by atoms with E-state index >= 15 is 0 Å². The third kappa shape index (κ3) is 4.92. The van der Waals surface area contributed by atoms with Gasteiger partial charge >= 0.3 is 5.97 Å². The number of hydrogen-bond acceptors (Lipinski definition) is 7. The van der Waals surface area contributed by atoms with Crippen molar-refractivity contribution >= 4 is 17.8 Å². The van der Waals surface area contributed by atoms with E-state index < -0.39 is 18.0 Å². The van der Waals surface area contributed by atoms with Crippen molar-refractivity contribution in [2.45, 2.75) is 63.7 Å². The Bertz CT molecular complexity index is 794. The maximum absolute atomic E-state index is 12.7. The average Bonchev–Trinajstić information content (AvgIpc) is 3.00. The van der Waals surface area contributed by atoms with Gasteiger partial charge in [-0.05, 0) is 37.0 Å². The number of methoxy groups -OCH3 is 2. The maximum atomic E-state index is 12.7. The highest BCUT2D eigenvalue weighted by Crippen LogP contribution is 2.31. The van der Waals surface area contributed by atoms with Crippen LogP contribution >= 0.6 is 0 Å². The topological polar surface area (TPSA) is 91.4 Å². The largest absolute Gasteiger partial charge is 0.493 e. The summed E-state index contributed by atoms with van der Waals surface area (Å²) in [6.07, 6.45) is 2.75. The van der Waals surface area contributed by atoms with E-state index in [-0.39, 0.29) is 24.5 Å². The van der Waals surface area contributed by atoms with E-state index in [0.717, 1.165) is 24.8 Å². The Morgan fingerprint density at radius 2 is 1.83 bits per heavy atom. The van der Waals surface area contributed by atoms with Gasteiger partial charge in [0.15, 0.2) is 17.6 Å². The quantitative estimate of drug-likeness (QED) is 0.471. The molecular weight excluding hydrogens is 390 g/mol. The van der Waals surface area contributed by atoms with Crippen LogP contribution in [0.4, 0.5) is 0 Å². The van der Waals surface area contributed by atoms with Gasteiger partial charge in [-0.3, -0.25) is 19.3 Å². The highest BCUT2D eigenvalue weighted by Gasteiger charge is 2.47. The molecule has 3 atom stereocenters. The molecule has 1 saturated heterocycles. The Labute approximate surface area is 176 Å². The number of carbonyl (C=O) groups excluding carboxylic acids is 3. The van der Waals surface area contributed by atoms with Gasteiger partial charge in [0.2, 0.25) is 5.91 Å². The first kappa shape index (κ1) is 22.1. The molecule has 1 aliphatic heterocycles.